The molecular formula is C17H19N7O. The van der Waals surface area contributed by atoms with Gasteiger partial charge >= 0.3 is 0 Å². The van der Waals surface area contributed by atoms with E-state index in [4.69, 9.17) is 0 Å². The zero-order valence-electron chi connectivity index (χ0n) is 14.0. The molecule has 0 radical (unpaired) electrons. The van der Waals surface area contributed by atoms with Gasteiger partial charge in [0.1, 0.15) is 5.82 Å². The molecule has 0 spiro atoms. The average Bonchev–Trinajstić information content (AvgIpc) is 3.30. The molecule has 8 nitrogen and oxygen atoms in total. The molecule has 0 bridgehead atoms. The Morgan fingerprint density at radius 3 is 2.84 bits per heavy atom. The molecule has 4 heterocycles. The second-order valence-electron chi connectivity index (χ2n) is 6.07. The zero-order valence-corrected chi connectivity index (χ0v) is 14.0. The lowest BCUT2D eigenvalue weighted by Gasteiger charge is -2.17. The first-order valence-corrected chi connectivity index (χ1v) is 8.35. The summed E-state index contributed by atoms with van der Waals surface area (Å²) in [5.74, 6) is 0.640. The van der Waals surface area contributed by atoms with E-state index in [9.17, 15) is 4.79 Å². The van der Waals surface area contributed by atoms with Crippen LogP contribution >= 0.6 is 0 Å². The Bertz CT molecular complexity index is 900. The van der Waals surface area contributed by atoms with E-state index in [1.165, 1.54) is 0 Å². The number of nitrogens with zero attached hydrogens (tertiary/aromatic N) is 6. The van der Waals surface area contributed by atoms with Crippen LogP contribution in [0.3, 0.4) is 0 Å². The van der Waals surface area contributed by atoms with E-state index in [1.807, 2.05) is 25.2 Å². The van der Waals surface area contributed by atoms with Gasteiger partial charge in [-0.05, 0) is 25.0 Å². The molecule has 0 saturated carbocycles. The zero-order chi connectivity index (χ0) is 17.2. The summed E-state index contributed by atoms with van der Waals surface area (Å²) in [6, 6.07) is 5.59. The van der Waals surface area contributed by atoms with Crippen molar-refractivity contribution in [2.75, 3.05) is 18.0 Å². The van der Waals surface area contributed by atoms with Crippen molar-refractivity contribution in [1.82, 2.24) is 30.0 Å². The van der Waals surface area contributed by atoms with Crippen molar-refractivity contribution in [3.05, 3.63) is 42.1 Å². The van der Waals surface area contributed by atoms with Gasteiger partial charge in [-0.2, -0.15) is 5.10 Å². The molecule has 0 aromatic carbocycles. The molecule has 128 valence electrons. The van der Waals surface area contributed by atoms with E-state index in [1.54, 1.807) is 17.1 Å². The van der Waals surface area contributed by atoms with E-state index >= 15 is 0 Å². The first kappa shape index (κ1) is 15.5. The number of aromatic nitrogens is 5. The number of nitrogens with one attached hydrogen (secondary N) is 1. The summed E-state index contributed by atoms with van der Waals surface area (Å²) in [7, 11) is 1.82. The third-order valence-electron chi connectivity index (χ3n) is 4.34. The van der Waals surface area contributed by atoms with Gasteiger partial charge in [-0.1, -0.05) is 6.07 Å². The van der Waals surface area contributed by atoms with Crippen LogP contribution < -0.4 is 10.2 Å². The summed E-state index contributed by atoms with van der Waals surface area (Å²) in [4.78, 5) is 27.9. The predicted octanol–water partition coefficient (Wildman–Crippen LogP) is 1.29. The predicted molar refractivity (Wildman–Crippen MR) is 93.2 cm³/mol. The summed E-state index contributed by atoms with van der Waals surface area (Å²) in [6.07, 6.45) is 5.73. The van der Waals surface area contributed by atoms with Gasteiger partial charge in [0, 0.05) is 26.3 Å². The number of hydrogen-bond donors (Lipinski definition) is 1. The van der Waals surface area contributed by atoms with Gasteiger partial charge in [-0.15, -0.1) is 0 Å². The van der Waals surface area contributed by atoms with Crippen molar-refractivity contribution in [3.63, 3.8) is 0 Å². The minimum absolute atomic E-state index is 0.161. The number of aryl methyl sites for hydroxylation is 1. The van der Waals surface area contributed by atoms with Crippen LogP contribution in [-0.2, 0) is 13.6 Å². The van der Waals surface area contributed by atoms with Crippen molar-refractivity contribution in [2.45, 2.75) is 19.4 Å². The van der Waals surface area contributed by atoms with Crippen LogP contribution in [0.25, 0.3) is 11.0 Å². The molecule has 1 fully saturated rings. The highest BCUT2D eigenvalue weighted by atomic mass is 16.2. The van der Waals surface area contributed by atoms with Crippen molar-refractivity contribution in [2.24, 2.45) is 7.05 Å². The van der Waals surface area contributed by atoms with Gasteiger partial charge in [-0.25, -0.2) is 9.97 Å². The van der Waals surface area contributed by atoms with Crippen LogP contribution in [0.2, 0.25) is 0 Å². The van der Waals surface area contributed by atoms with Crippen LogP contribution in [0.15, 0.2) is 30.6 Å². The van der Waals surface area contributed by atoms with E-state index in [0.717, 1.165) is 42.8 Å². The maximum absolute atomic E-state index is 12.5. The smallest absolute Gasteiger partial charge is 0.289 e. The van der Waals surface area contributed by atoms with E-state index in [0.29, 0.717) is 12.2 Å². The number of carbonyl (C=O) groups is 1. The van der Waals surface area contributed by atoms with Gasteiger partial charge in [0.25, 0.3) is 5.91 Å². The van der Waals surface area contributed by atoms with Gasteiger partial charge < -0.3 is 10.2 Å². The highest BCUT2D eigenvalue weighted by Gasteiger charge is 2.22. The number of fused-ring (bicyclic) bond motifs is 1. The van der Waals surface area contributed by atoms with Crippen molar-refractivity contribution in [1.29, 1.82) is 0 Å². The van der Waals surface area contributed by atoms with Crippen LogP contribution in [0, 0.1) is 0 Å². The van der Waals surface area contributed by atoms with Crippen LogP contribution in [0.1, 0.15) is 29.2 Å². The quantitative estimate of drug-likeness (QED) is 0.772. The fourth-order valence-electron chi connectivity index (χ4n) is 3.03. The third-order valence-corrected chi connectivity index (χ3v) is 4.34. The monoisotopic (exact) mass is 337 g/mol. The lowest BCUT2D eigenvalue weighted by molar-refractivity contribution is 0.0940. The molecule has 1 aliphatic rings. The number of anilines is 1. The molecule has 3 aromatic heterocycles. The Labute approximate surface area is 144 Å². The summed E-state index contributed by atoms with van der Waals surface area (Å²) in [5.41, 5.74) is 1.46. The maximum atomic E-state index is 12.5. The molecule has 1 N–H and O–H groups in total. The first-order valence-electron chi connectivity index (χ1n) is 8.35. The van der Waals surface area contributed by atoms with Crippen molar-refractivity contribution >= 4 is 22.8 Å². The molecular weight excluding hydrogens is 318 g/mol. The normalized spacial score (nSPS) is 14.2. The highest BCUT2D eigenvalue weighted by Crippen LogP contribution is 2.26. The number of hydrogen-bond acceptors (Lipinski definition) is 6. The Kier molecular flexibility index (Phi) is 4.01. The molecule has 0 unspecified atom stereocenters. The number of rotatable bonds is 4. The van der Waals surface area contributed by atoms with Crippen LogP contribution in [0.4, 0.5) is 5.82 Å². The van der Waals surface area contributed by atoms with E-state index in [2.05, 4.69) is 30.3 Å². The van der Waals surface area contributed by atoms with E-state index < -0.39 is 0 Å². The molecule has 1 aliphatic heterocycles. The van der Waals surface area contributed by atoms with Crippen LogP contribution in [-0.4, -0.2) is 43.7 Å². The second-order valence-corrected chi connectivity index (χ2v) is 6.07. The number of carbonyl (C=O) groups excluding carboxylic acids is 1. The molecule has 8 heteroatoms. The molecule has 0 atom stereocenters. The fourth-order valence-corrected chi connectivity index (χ4v) is 3.03. The summed E-state index contributed by atoms with van der Waals surface area (Å²) in [5, 5.41) is 7.98. The second kappa shape index (κ2) is 6.46. The number of amides is 1. The summed E-state index contributed by atoms with van der Waals surface area (Å²) < 4.78 is 1.67. The lowest BCUT2D eigenvalue weighted by atomic mass is 10.3. The molecule has 3 aromatic rings. The number of pyridine rings is 1. The Morgan fingerprint density at radius 1 is 1.24 bits per heavy atom. The molecule has 0 aliphatic carbocycles. The molecule has 1 saturated heterocycles. The third kappa shape index (κ3) is 3.02. The van der Waals surface area contributed by atoms with Crippen molar-refractivity contribution in [3.8, 4) is 0 Å². The Balaban J connectivity index is 1.64. The minimum Gasteiger partial charge on any atom is -0.356 e. The highest BCUT2D eigenvalue weighted by molar-refractivity contribution is 5.95. The SMILES string of the molecule is Cn1ncc2c(N3CCCC3)nc(C(=O)NCc3ccccn3)nc21. The first-order chi connectivity index (χ1) is 12.2. The summed E-state index contributed by atoms with van der Waals surface area (Å²) >= 11 is 0. The summed E-state index contributed by atoms with van der Waals surface area (Å²) in [6.45, 7) is 2.22. The average molecular weight is 337 g/mol. The molecule has 25 heavy (non-hydrogen) atoms. The fraction of sp³-hybridized carbons (Fsp3) is 0.353. The minimum atomic E-state index is -0.311. The topological polar surface area (TPSA) is 88.8 Å². The Hall–Kier alpha value is -3.03. The van der Waals surface area contributed by atoms with Crippen LogP contribution in [0.5, 0.6) is 0 Å². The lowest BCUT2D eigenvalue weighted by Crippen LogP contribution is -2.27. The van der Waals surface area contributed by atoms with E-state index in [-0.39, 0.29) is 11.7 Å². The van der Waals surface area contributed by atoms with Gasteiger partial charge in [0.05, 0.1) is 23.8 Å². The van der Waals surface area contributed by atoms with Gasteiger partial charge in [0.2, 0.25) is 5.82 Å². The molecule has 1 amide bonds. The molecule has 4 rings (SSSR count). The Morgan fingerprint density at radius 2 is 2.08 bits per heavy atom. The van der Waals surface area contributed by atoms with Gasteiger partial charge in [-0.3, -0.25) is 14.5 Å². The maximum Gasteiger partial charge on any atom is 0.289 e. The van der Waals surface area contributed by atoms with Crippen molar-refractivity contribution < 1.29 is 4.79 Å². The van der Waals surface area contributed by atoms with Gasteiger partial charge in [0.15, 0.2) is 5.65 Å². The standard InChI is InChI=1S/C17H19N7O/c1-23-15-13(11-20-23)16(24-8-4-5-9-24)22-14(21-15)17(25)19-10-12-6-2-3-7-18-12/h2-3,6-7,11H,4-5,8-10H2,1H3,(H,19,25). The largest absolute Gasteiger partial charge is 0.356 e.